The fraction of sp³-hybridized carbons (Fsp3) is 0.133. The van der Waals surface area contributed by atoms with Crippen LogP contribution in [0.15, 0.2) is 52.0 Å². The van der Waals surface area contributed by atoms with E-state index in [2.05, 4.69) is 19.8 Å². The van der Waals surface area contributed by atoms with Crippen molar-refractivity contribution in [1.82, 2.24) is 19.8 Å². The van der Waals surface area contributed by atoms with Crippen LogP contribution in [0.25, 0.3) is 11.5 Å². The number of aromatic nitrogens is 3. The van der Waals surface area contributed by atoms with E-state index in [4.69, 9.17) is 4.52 Å². The molecule has 0 aliphatic heterocycles. The molecule has 2 aromatic heterocycles. The summed E-state index contributed by atoms with van der Waals surface area (Å²) in [4.78, 5) is 7.69. The molecule has 0 aliphatic rings. The van der Waals surface area contributed by atoms with E-state index < -0.39 is 20.7 Å². The molecule has 3 aromatic rings. The number of hydrogen-bond acceptors (Lipinski definition) is 6. The fourth-order valence-corrected chi connectivity index (χ4v) is 3.02. The average Bonchev–Trinajstić information content (AvgIpc) is 3.02. The van der Waals surface area contributed by atoms with Gasteiger partial charge in [0.25, 0.3) is 0 Å². The molecule has 0 atom stereocenters. The minimum absolute atomic E-state index is 0.0479. The highest BCUT2D eigenvalue weighted by Gasteiger charge is 2.20. The van der Waals surface area contributed by atoms with E-state index in [1.54, 1.807) is 31.3 Å². The first-order valence-electron chi connectivity index (χ1n) is 6.95. The normalized spacial score (nSPS) is 11.6. The second kappa shape index (κ2) is 6.46. The van der Waals surface area contributed by atoms with Crippen molar-refractivity contribution in [3.05, 3.63) is 59.9 Å². The molecule has 24 heavy (non-hydrogen) atoms. The molecule has 1 N–H and O–H groups in total. The van der Waals surface area contributed by atoms with Gasteiger partial charge < -0.3 is 4.52 Å². The minimum Gasteiger partial charge on any atom is -0.337 e. The molecule has 1 aromatic carbocycles. The summed E-state index contributed by atoms with van der Waals surface area (Å²) in [6.07, 6.45) is 1.58. The zero-order valence-corrected chi connectivity index (χ0v) is 13.4. The number of nitrogens with one attached hydrogen (secondary N) is 1. The second-order valence-electron chi connectivity index (χ2n) is 4.99. The molecule has 0 saturated carbocycles. The van der Waals surface area contributed by atoms with E-state index in [1.807, 2.05) is 0 Å². The second-order valence-corrected chi connectivity index (χ2v) is 6.72. The SMILES string of the molecule is Cc1ccc(S(=O)(=O)NCc2nc(-c3ccccn3)no2)c(F)c1. The smallest absolute Gasteiger partial charge is 0.243 e. The lowest BCUT2D eigenvalue weighted by Crippen LogP contribution is -2.24. The van der Waals surface area contributed by atoms with E-state index in [9.17, 15) is 12.8 Å². The van der Waals surface area contributed by atoms with Gasteiger partial charge in [-0.05, 0) is 36.8 Å². The van der Waals surface area contributed by atoms with E-state index in [1.165, 1.54) is 12.1 Å². The Morgan fingerprint density at radius 2 is 2.08 bits per heavy atom. The van der Waals surface area contributed by atoms with Gasteiger partial charge in [-0.1, -0.05) is 17.3 Å². The zero-order valence-electron chi connectivity index (χ0n) is 12.6. The Hall–Kier alpha value is -2.65. The van der Waals surface area contributed by atoms with E-state index in [0.717, 1.165) is 6.07 Å². The van der Waals surface area contributed by atoms with Gasteiger partial charge in [-0.3, -0.25) is 4.98 Å². The first-order chi connectivity index (χ1) is 11.5. The molecular weight excluding hydrogens is 335 g/mol. The van der Waals surface area contributed by atoms with Crippen LogP contribution in [0.5, 0.6) is 0 Å². The van der Waals surface area contributed by atoms with E-state index >= 15 is 0 Å². The number of aryl methyl sites for hydroxylation is 1. The molecule has 124 valence electrons. The summed E-state index contributed by atoms with van der Waals surface area (Å²) in [5.41, 5.74) is 1.13. The van der Waals surface area contributed by atoms with Gasteiger partial charge in [0, 0.05) is 6.20 Å². The Bertz CT molecular complexity index is 958. The molecular formula is C15H13FN4O3S. The zero-order chi connectivity index (χ0) is 17.2. The Balaban J connectivity index is 1.75. The van der Waals surface area contributed by atoms with Crippen LogP contribution in [0, 0.1) is 12.7 Å². The molecule has 0 amide bonds. The maximum atomic E-state index is 13.8. The number of pyridine rings is 1. The van der Waals surface area contributed by atoms with Gasteiger partial charge in [0.15, 0.2) is 0 Å². The number of halogens is 1. The van der Waals surface area contributed by atoms with Gasteiger partial charge >= 0.3 is 0 Å². The van der Waals surface area contributed by atoms with Gasteiger partial charge in [0.2, 0.25) is 21.7 Å². The third-order valence-electron chi connectivity index (χ3n) is 3.15. The molecule has 0 spiro atoms. The molecule has 2 heterocycles. The molecule has 0 bridgehead atoms. The van der Waals surface area contributed by atoms with Crippen LogP contribution in [0.4, 0.5) is 4.39 Å². The first-order valence-corrected chi connectivity index (χ1v) is 8.44. The number of sulfonamides is 1. The summed E-state index contributed by atoms with van der Waals surface area (Å²) >= 11 is 0. The predicted molar refractivity (Wildman–Crippen MR) is 82.7 cm³/mol. The Morgan fingerprint density at radius 3 is 2.79 bits per heavy atom. The van der Waals surface area contributed by atoms with Crippen molar-refractivity contribution in [3.8, 4) is 11.5 Å². The van der Waals surface area contributed by atoms with Crippen molar-refractivity contribution < 1.29 is 17.3 Å². The average molecular weight is 348 g/mol. The van der Waals surface area contributed by atoms with Gasteiger partial charge in [-0.2, -0.15) is 4.98 Å². The van der Waals surface area contributed by atoms with Crippen LogP contribution in [0.1, 0.15) is 11.5 Å². The minimum atomic E-state index is -4.03. The van der Waals surface area contributed by atoms with Gasteiger partial charge in [-0.15, -0.1) is 0 Å². The third kappa shape index (κ3) is 3.47. The van der Waals surface area contributed by atoms with Crippen LogP contribution >= 0.6 is 0 Å². The van der Waals surface area contributed by atoms with Crippen LogP contribution in [-0.4, -0.2) is 23.5 Å². The lowest BCUT2D eigenvalue weighted by atomic mass is 10.2. The van der Waals surface area contributed by atoms with Crippen LogP contribution in [0.2, 0.25) is 0 Å². The highest BCUT2D eigenvalue weighted by Crippen LogP contribution is 2.16. The molecule has 0 radical (unpaired) electrons. The topological polar surface area (TPSA) is 98.0 Å². The van der Waals surface area contributed by atoms with E-state index in [-0.39, 0.29) is 18.3 Å². The molecule has 0 unspecified atom stereocenters. The molecule has 0 fully saturated rings. The summed E-state index contributed by atoms with van der Waals surface area (Å²) in [5.74, 6) is -0.528. The Kier molecular flexibility index (Phi) is 4.36. The molecule has 3 rings (SSSR count). The summed E-state index contributed by atoms with van der Waals surface area (Å²) in [6, 6.07) is 9.08. The summed E-state index contributed by atoms with van der Waals surface area (Å²) < 4.78 is 45.4. The highest BCUT2D eigenvalue weighted by molar-refractivity contribution is 7.89. The number of nitrogens with zero attached hydrogens (tertiary/aromatic N) is 3. The van der Waals surface area contributed by atoms with Crippen LogP contribution in [-0.2, 0) is 16.6 Å². The summed E-state index contributed by atoms with van der Waals surface area (Å²) in [5, 5.41) is 3.73. The molecule has 0 aliphatic carbocycles. The summed E-state index contributed by atoms with van der Waals surface area (Å²) in [6.45, 7) is 1.42. The van der Waals surface area contributed by atoms with Crippen molar-refractivity contribution in [1.29, 1.82) is 0 Å². The Morgan fingerprint density at radius 1 is 1.25 bits per heavy atom. The lowest BCUT2D eigenvalue weighted by Gasteiger charge is -2.06. The first kappa shape index (κ1) is 16.2. The fourth-order valence-electron chi connectivity index (χ4n) is 1.98. The predicted octanol–water partition coefficient (Wildman–Crippen LogP) is 2.06. The van der Waals surface area contributed by atoms with Gasteiger partial charge in [0.05, 0.1) is 6.54 Å². The largest absolute Gasteiger partial charge is 0.337 e. The van der Waals surface area contributed by atoms with Crippen LogP contribution in [0.3, 0.4) is 0 Å². The van der Waals surface area contributed by atoms with Gasteiger partial charge in [0.1, 0.15) is 16.4 Å². The monoisotopic (exact) mass is 348 g/mol. The van der Waals surface area contributed by atoms with Crippen molar-refractivity contribution >= 4 is 10.0 Å². The van der Waals surface area contributed by atoms with Crippen molar-refractivity contribution in [2.24, 2.45) is 0 Å². The van der Waals surface area contributed by atoms with Gasteiger partial charge in [-0.25, -0.2) is 17.5 Å². The molecule has 0 saturated heterocycles. The van der Waals surface area contributed by atoms with Crippen LogP contribution < -0.4 is 4.72 Å². The van der Waals surface area contributed by atoms with Crippen molar-refractivity contribution in [2.45, 2.75) is 18.4 Å². The maximum Gasteiger partial charge on any atom is 0.243 e. The summed E-state index contributed by atoms with van der Waals surface area (Å²) in [7, 11) is -4.03. The van der Waals surface area contributed by atoms with Crippen molar-refractivity contribution in [3.63, 3.8) is 0 Å². The quantitative estimate of drug-likeness (QED) is 0.758. The maximum absolute atomic E-state index is 13.8. The van der Waals surface area contributed by atoms with Crippen molar-refractivity contribution in [2.75, 3.05) is 0 Å². The Labute approximate surface area is 137 Å². The highest BCUT2D eigenvalue weighted by atomic mass is 32.2. The molecule has 9 heteroatoms. The molecule has 7 nitrogen and oxygen atoms in total. The standard InChI is InChI=1S/C15H13FN4O3S/c1-10-5-6-13(11(16)8-10)24(21,22)18-9-14-19-15(20-23-14)12-4-2-3-7-17-12/h2-8,18H,9H2,1H3. The van der Waals surface area contributed by atoms with E-state index in [0.29, 0.717) is 11.3 Å². The number of rotatable bonds is 5. The lowest BCUT2D eigenvalue weighted by molar-refractivity contribution is 0.375. The third-order valence-corrected chi connectivity index (χ3v) is 4.59. The number of hydrogen-bond donors (Lipinski definition) is 1. The number of benzene rings is 1.